The van der Waals surface area contributed by atoms with E-state index >= 15 is 0 Å². The Hall–Kier alpha value is -1.97. The zero-order chi connectivity index (χ0) is 11.7. The van der Waals surface area contributed by atoms with Crippen molar-refractivity contribution in [1.82, 2.24) is 0 Å². The Kier molecular flexibility index (Phi) is 2.56. The molecular formula is C10H5N2O3S-. The molecular weight excluding hydrogens is 228 g/mol. The third kappa shape index (κ3) is 1.52. The van der Waals surface area contributed by atoms with Crippen molar-refractivity contribution >= 4 is 27.5 Å². The van der Waals surface area contributed by atoms with Gasteiger partial charge in [-0.25, -0.2) is 0 Å². The van der Waals surface area contributed by atoms with Crippen LogP contribution in [0.5, 0.6) is 5.75 Å². The molecule has 2 aromatic carbocycles. The van der Waals surface area contributed by atoms with E-state index in [4.69, 9.17) is 5.39 Å². The molecule has 0 aromatic heterocycles. The van der Waals surface area contributed by atoms with Crippen molar-refractivity contribution in [2.75, 3.05) is 0 Å². The Morgan fingerprint density at radius 1 is 1.19 bits per heavy atom. The minimum atomic E-state index is -2.40. The van der Waals surface area contributed by atoms with Crippen molar-refractivity contribution < 1.29 is 13.9 Å². The van der Waals surface area contributed by atoms with Crippen LogP contribution in [-0.2, 0) is 11.1 Å². The van der Waals surface area contributed by atoms with Gasteiger partial charge in [0, 0.05) is 11.0 Å². The van der Waals surface area contributed by atoms with Crippen LogP contribution in [0.1, 0.15) is 0 Å². The summed E-state index contributed by atoms with van der Waals surface area (Å²) in [6.45, 7) is 0. The van der Waals surface area contributed by atoms with Crippen molar-refractivity contribution in [1.29, 1.82) is 5.39 Å². The van der Waals surface area contributed by atoms with Crippen LogP contribution < -0.4 is 5.11 Å². The van der Waals surface area contributed by atoms with E-state index in [-0.39, 0.29) is 16.0 Å². The monoisotopic (exact) mass is 233 g/mol. The minimum absolute atomic E-state index is 0.0547. The van der Waals surface area contributed by atoms with Crippen molar-refractivity contribution in [3.63, 3.8) is 0 Å². The van der Waals surface area contributed by atoms with Crippen LogP contribution in [0, 0.1) is 5.39 Å². The van der Waals surface area contributed by atoms with E-state index in [1.54, 1.807) is 0 Å². The molecule has 0 aliphatic carbocycles. The number of fused-ring (bicyclic) bond motifs is 1. The van der Waals surface area contributed by atoms with Crippen molar-refractivity contribution in [2.24, 2.45) is 0 Å². The summed E-state index contributed by atoms with van der Waals surface area (Å²) in [7, 11) is 0. The predicted molar refractivity (Wildman–Crippen MR) is 55.3 cm³/mol. The molecule has 5 nitrogen and oxygen atoms in total. The molecule has 0 N–H and O–H groups in total. The first-order valence-corrected chi connectivity index (χ1v) is 5.39. The molecule has 0 spiro atoms. The van der Waals surface area contributed by atoms with Crippen molar-refractivity contribution in [2.45, 2.75) is 4.90 Å². The minimum Gasteiger partial charge on any atom is -0.867 e. The second-order valence-electron chi connectivity index (χ2n) is 3.10. The van der Waals surface area contributed by atoms with E-state index in [0.717, 1.165) is 0 Å². The molecule has 6 heteroatoms. The summed E-state index contributed by atoms with van der Waals surface area (Å²) in [6.07, 6.45) is 0. The Labute approximate surface area is 93.2 Å². The van der Waals surface area contributed by atoms with Crippen molar-refractivity contribution in [3.05, 3.63) is 35.3 Å². The van der Waals surface area contributed by atoms with E-state index in [9.17, 15) is 13.9 Å². The lowest BCUT2D eigenvalue weighted by Crippen LogP contribution is -1.95. The summed E-state index contributed by atoms with van der Waals surface area (Å²) >= 11 is -2.40. The number of benzene rings is 2. The average molecular weight is 233 g/mol. The molecule has 0 aliphatic heterocycles. The highest BCUT2D eigenvalue weighted by molar-refractivity contribution is 7.79. The Balaban J connectivity index is 2.89. The molecule has 2 aromatic rings. The third-order valence-corrected chi connectivity index (χ3v) is 2.95. The SMILES string of the molecule is N#[N+]c1ccc2c(S(=O)[O-])cccc2c1[O-]. The first-order chi connectivity index (χ1) is 7.65. The maximum Gasteiger partial charge on any atom is 0.378 e. The predicted octanol–water partition coefficient (Wildman–Crippen LogP) is 1.64. The summed E-state index contributed by atoms with van der Waals surface area (Å²) in [5.74, 6) is -0.493. The normalized spacial score (nSPS) is 12.2. The van der Waals surface area contributed by atoms with Crippen molar-refractivity contribution in [3.8, 4) is 5.75 Å². The highest BCUT2D eigenvalue weighted by Gasteiger charge is 2.10. The molecule has 0 heterocycles. The number of diazo groups is 1. The van der Waals surface area contributed by atoms with Gasteiger partial charge in [0.15, 0.2) is 4.98 Å². The molecule has 0 saturated carbocycles. The molecule has 80 valence electrons. The van der Waals surface area contributed by atoms with Gasteiger partial charge in [-0.3, -0.25) is 4.21 Å². The molecule has 0 fully saturated rings. The Morgan fingerprint density at radius 3 is 2.56 bits per heavy atom. The second kappa shape index (κ2) is 3.89. The van der Waals surface area contributed by atoms with Crippen LogP contribution in [0.25, 0.3) is 15.7 Å². The van der Waals surface area contributed by atoms with Gasteiger partial charge in [-0.15, -0.1) is 0 Å². The van der Waals surface area contributed by atoms with Gasteiger partial charge >= 0.3 is 5.69 Å². The highest BCUT2D eigenvalue weighted by Crippen LogP contribution is 2.34. The lowest BCUT2D eigenvalue weighted by Gasteiger charge is -2.12. The number of nitrogens with zero attached hydrogens (tertiary/aromatic N) is 2. The van der Waals surface area contributed by atoms with Gasteiger partial charge in [0.2, 0.25) is 5.39 Å². The Morgan fingerprint density at radius 2 is 1.94 bits per heavy atom. The largest absolute Gasteiger partial charge is 0.867 e. The summed E-state index contributed by atoms with van der Waals surface area (Å²) < 4.78 is 21.8. The van der Waals surface area contributed by atoms with Crippen LogP contribution in [0.2, 0.25) is 0 Å². The maximum atomic E-state index is 11.7. The summed E-state index contributed by atoms with van der Waals surface area (Å²) in [5.41, 5.74) is -0.110. The zero-order valence-electron chi connectivity index (χ0n) is 7.91. The lowest BCUT2D eigenvalue weighted by atomic mass is 10.1. The van der Waals surface area contributed by atoms with E-state index in [1.807, 2.05) is 0 Å². The Bertz CT molecular complexity index is 634. The molecule has 1 unspecified atom stereocenters. The summed E-state index contributed by atoms with van der Waals surface area (Å²) in [6, 6.07) is 7.08. The zero-order valence-corrected chi connectivity index (χ0v) is 8.73. The molecule has 0 saturated heterocycles. The number of hydrogen-bond donors (Lipinski definition) is 0. The maximum absolute atomic E-state index is 11.7. The van der Waals surface area contributed by atoms with Gasteiger partial charge in [-0.1, -0.05) is 12.1 Å². The van der Waals surface area contributed by atoms with Gasteiger partial charge in [-0.2, -0.15) is 0 Å². The molecule has 2 rings (SSSR count). The number of rotatable bonds is 1. The fourth-order valence-corrected chi connectivity index (χ4v) is 2.06. The topological polar surface area (TPSA) is 91.3 Å². The van der Waals surface area contributed by atoms with E-state index in [2.05, 4.69) is 4.98 Å². The average Bonchev–Trinajstić information content (AvgIpc) is 2.29. The fraction of sp³-hybridized carbons (Fsp3) is 0. The van der Waals surface area contributed by atoms with Crippen LogP contribution in [0.3, 0.4) is 0 Å². The summed E-state index contributed by atoms with van der Waals surface area (Å²) in [5, 5.41) is 20.8. The quantitative estimate of drug-likeness (QED) is 0.552. The third-order valence-electron chi connectivity index (χ3n) is 2.24. The molecule has 1 atom stereocenters. The standard InChI is InChI=1S/C10H6N2O3S/c11-12-8-5-4-6-7(10(8)13)2-1-3-9(6)16(14)15/h1-5H,(H-,13,14,15)/p-1. The lowest BCUT2D eigenvalue weighted by molar-refractivity contribution is -0.264. The van der Waals surface area contributed by atoms with Gasteiger partial charge < -0.3 is 9.66 Å². The highest BCUT2D eigenvalue weighted by atomic mass is 32.2. The van der Waals surface area contributed by atoms with Gasteiger partial charge in [0.05, 0.1) is 0 Å². The molecule has 16 heavy (non-hydrogen) atoms. The van der Waals surface area contributed by atoms with Crippen LogP contribution in [0.15, 0.2) is 35.2 Å². The number of hydrogen-bond acceptors (Lipinski definition) is 4. The van der Waals surface area contributed by atoms with Crippen LogP contribution in [0.4, 0.5) is 5.69 Å². The molecule has 0 amide bonds. The molecule has 0 radical (unpaired) electrons. The van der Waals surface area contributed by atoms with Crippen LogP contribution in [-0.4, -0.2) is 8.76 Å². The van der Waals surface area contributed by atoms with Gasteiger partial charge in [-0.05, 0) is 39.7 Å². The molecule has 0 bridgehead atoms. The van der Waals surface area contributed by atoms with Crippen LogP contribution >= 0.6 is 0 Å². The smallest absolute Gasteiger partial charge is 0.378 e. The van der Waals surface area contributed by atoms with E-state index in [0.29, 0.717) is 5.39 Å². The first kappa shape index (κ1) is 10.5. The molecule has 0 aliphatic rings. The van der Waals surface area contributed by atoms with E-state index < -0.39 is 16.8 Å². The van der Waals surface area contributed by atoms with Gasteiger partial charge in [0.1, 0.15) is 0 Å². The summed E-state index contributed by atoms with van der Waals surface area (Å²) in [4.78, 5) is 2.88. The fourth-order valence-electron chi connectivity index (χ4n) is 1.51. The second-order valence-corrected chi connectivity index (χ2v) is 4.01. The first-order valence-electron chi connectivity index (χ1n) is 4.32. The van der Waals surface area contributed by atoms with Gasteiger partial charge in [0.25, 0.3) is 0 Å². The van der Waals surface area contributed by atoms with E-state index in [1.165, 1.54) is 30.3 Å².